The molecule has 0 heterocycles. The smallest absolute Gasteiger partial charge is 0.412 e. The maximum atomic E-state index is 12.1. The van der Waals surface area contributed by atoms with Crippen molar-refractivity contribution in [2.45, 2.75) is 26.4 Å². The molecule has 0 bridgehead atoms. The van der Waals surface area contributed by atoms with Crippen LogP contribution in [0.3, 0.4) is 0 Å². The first-order valence-corrected chi connectivity index (χ1v) is 8.78. The number of anilines is 1. The second-order valence-electron chi connectivity index (χ2n) is 6.95. The van der Waals surface area contributed by atoms with E-state index in [-0.39, 0.29) is 12.5 Å². The largest absolute Gasteiger partial charge is 0.492 e. The van der Waals surface area contributed by atoms with Gasteiger partial charge in [-0.1, -0.05) is 12.1 Å². The lowest BCUT2D eigenvalue weighted by atomic mass is 10.1. The highest BCUT2D eigenvalue weighted by atomic mass is 16.6. The summed E-state index contributed by atoms with van der Waals surface area (Å²) in [6.07, 6.45) is -0.545. The van der Waals surface area contributed by atoms with Gasteiger partial charge in [0.25, 0.3) is 5.91 Å². The average molecular weight is 381 g/mol. The van der Waals surface area contributed by atoms with Crippen LogP contribution in [0, 0.1) is 11.3 Å². The van der Waals surface area contributed by atoms with Gasteiger partial charge < -0.3 is 14.8 Å². The lowest BCUT2D eigenvalue weighted by molar-refractivity contribution is 0.0635. The fraction of sp³-hybridized carbons (Fsp3) is 0.286. The summed E-state index contributed by atoms with van der Waals surface area (Å²) in [5.74, 6) is 0.273. The Balaban J connectivity index is 1.81. The summed E-state index contributed by atoms with van der Waals surface area (Å²) in [6, 6.07) is 15.4. The summed E-state index contributed by atoms with van der Waals surface area (Å²) in [5, 5.41) is 14.3. The second-order valence-corrected chi connectivity index (χ2v) is 6.95. The van der Waals surface area contributed by atoms with Crippen LogP contribution in [0.2, 0.25) is 0 Å². The van der Waals surface area contributed by atoms with Crippen molar-refractivity contribution in [3.05, 3.63) is 59.7 Å². The van der Waals surface area contributed by atoms with Crippen LogP contribution in [0.1, 0.15) is 36.7 Å². The Hall–Kier alpha value is -3.53. The van der Waals surface area contributed by atoms with Crippen molar-refractivity contribution in [1.29, 1.82) is 5.26 Å². The zero-order chi connectivity index (χ0) is 20.6. The van der Waals surface area contributed by atoms with Gasteiger partial charge in [0.15, 0.2) is 0 Å². The monoisotopic (exact) mass is 381 g/mol. The number of nitrogens with one attached hydrogen (secondary N) is 2. The molecule has 7 nitrogen and oxygen atoms in total. The Morgan fingerprint density at radius 1 is 1.11 bits per heavy atom. The van der Waals surface area contributed by atoms with E-state index >= 15 is 0 Å². The molecule has 0 aliphatic rings. The molecule has 0 saturated heterocycles. The molecule has 0 radical (unpaired) electrons. The maximum Gasteiger partial charge on any atom is 0.412 e. The quantitative estimate of drug-likeness (QED) is 0.743. The lowest BCUT2D eigenvalue weighted by Crippen LogP contribution is -2.28. The van der Waals surface area contributed by atoms with Gasteiger partial charge in [0.05, 0.1) is 18.2 Å². The number of amides is 2. The molecule has 0 atom stereocenters. The van der Waals surface area contributed by atoms with E-state index in [1.165, 1.54) is 6.07 Å². The van der Waals surface area contributed by atoms with Crippen molar-refractivity contribution in [2.24, 2.45) is 0 Å². The molecule has 28 heavy (non-hydrogen) atoms. The molecule has 0 fully saturated rings. The van der Waals surface area contributed by atoms with Gasteiger partial charge >= 0.3 is 6.09 Å². The van der Waals surface area contributed by atoms with E-state index < -0.39 is 11.7 Å². The Labute approximate surface area is 164 Å². The van der Waals surface area contributed by atoms with Gasteiger partial charge in [-0.05, 0) is 51.1 Å². The number of nitriles is 1. The molecule has 0 unspecified atom stereocenters. The van der Waals surface area contributed by atoms with Crippen molar-refractivity contribution in [3.63, 3.8) is 0 Å². The fourth-order valence-corrected chi connectivity index (χ4v) is 2.25. The van der Waals surface area contributed by atoms with E-state index in [2.05, 4.69) is 10.6 Å². The number of nitrogens with zero attached hydrogens (tertiary/aromatic N) is 1. The molecule has 0 saturated carbocycles. The van der Waals surface area contributed by atoms with Crippen LogP contribution >= 0.6 is 0 Å². The van der Waals surface area contributed by atoms with Crippen molar-refractivity contribution >= 4 is 17.7 Å². The van der Waals surface area contributed by atoms with Crippen molar-refractivity contribution in [1.82, 2.24) is 5.32 Å². The first-order chi connectivity index (χ1) is 13.3. The number of carbonyl (C=O) groups excluding carboxylic acids is 2. The summed E-state index contributed by atoms with van der Waals surface area (Å²) in [4.78, 5) is 23.9. The van der Waals surface area contributed by atoms with Gasteiger partial charge in [-0.15, -0.1) is 0 Å². The first kappa shape index (κ1) is 20.8. The SMILES string of the molecule is CC(C)(C)OC(=O)Nc1cccc(OCCNC(=O)c2cccc(C#N)c2)c1. The molecule has 2 aromatic rings. The van der Waals surface area contributed by atoms with Gasteiger partial charge in [0.2, 0.25) is 0 Å². The minimum Gasteiger partial charge on any atom is -0.492 e. The third-order valence-corrected chi connectivity index (χ3v) is 3.39. The topological polar surface area (TPSA) is 100 Å². The molecule has 0 aliphatic heterocycles. The highest BCUT2D eigenvalue weighted by molar-refractivity contribution is 5.94. The fourth-order valence-electron chi connectivity index (χ4n) is 2.25. The molecule has 0 spiro atoms. The minimum absolute atomic E-state index is 0.250. The first-order valence-electron chi connectivity index (χ1n) is 8.78. The van der Waals surface area contributed by atoms with Crippen LogP contribution in [0.25, 0.3) is 0 Å². The highest BCUT2D eigenvalue weighted by Crippen LogP contribution is 2.18. The van der Waals surface area contributed by atoms with Gasteiger partial charge in [0, 0.05) is 17.3 Å². The van der Waals surface area contributed by atoms with Gasteiger partial charge in [0.1, 0.15) is 18.0 Å². The Bertz CT molecular complexity index is 882. The highest BCUT2D eigenvalue weighted by Gasteiger charge is 2.16. The van der Waals surface area contributed by atoms with Crippen LogP contribution < -0.4 is 15.4 Å². The van der Waals surface area contributed by atoms with Crippen molar-refractivity contribution in [2.75, 3.05) is 18.5 Å². The third-order valence-electron chi connectivity index (χ3n) is 3.39. The molecule has 2 amide bonds. The number of carbonyl (C=O) groups is 2. The molecule has 146 valence electrons. The number of hydrogen-bond donors (Lipinski definition) is 2. The van der Waals surface area contributed by atoms with Gasteiger partial charge in [-0.3, -0.25) is 10.1 Å². The summed E-state index contributed by atoms with van der Waals surface area (Å²) in [7, 11) is 0. The molecule has 0 aromatic heterocycles. The molecular weight excluding hydrogens is 358 g/mol. The number of hydrogen-bond acceptors (Lipinski definition) is 5. The molecular formula is C21H23N3O4. The zero-order valence-electron chi connectivity index (χ0n) is 16.1. The van der Waals surface area contributed by atoms with Crippen LogP contribution in [0.4, 0.5) is 10.5 Å². The summed E-state index contributed by atoms with van der Waals surface area (Å²) in [6.45, 7) is 5.91. The Morgan fingerprint density at radius 2 is 1.86 bits per heavy atom. The maximum absolute atomic E-state index is 12.1. The number of benzene rings is 2. The number of rotatable bonds is 6. The molecule has 2 N–H and O–H groups in total. The van der Waals surface area contributed by atoms with Crippen LogP contribution in [0.5, 0.6) is 5.75 Å². The minimum atomic E-state index is -0.580. The molecule has 7 heteroatoms. The van der Waals surface area contributed by atoms with Crippen molar-refractivity contribution in [3.8, 4) is 11.8 Å². The standard InChI is InChI=1S/C21H23N3O4/c1-21(2,3)28-20(26)24-17-8-5-9-18(13-17)27-11-10-23-19(25)16-7-4-6-15(12-16)14-22/h4-9,12-13H,10-11H2,1-3H3,(H,23,25)(H,24,26). The molecule has 0 aliphatic carbocycles. The van der Waals surface area contributed by atoms with E-state index in [9.17, 15) is 9.59 Å². The molecule has 2 aromatic carbocycles. The van der Waals surface area contributed by atoms with Crippen LogP contribution in [0.15, 0.2) is 48.5 Å². The van der Waals surface area contributed by atoms with Gasteiger partial charge in [-0.25, -0.2) is 4.79 Å². The summed E-state index contributed by atoms with van der Waals surface area (Å²) < 4.78 is 10.8. The summed E-state index contributed by atoms with van der Waals surface area (Å²) in [5.41, 5.74) is 0.813. The predicted octanol–water partition coefficient (Wildman–Crippen LogP) is 3.71. The Kier molecular flexibility index (Phi) is 6.99. The normalized spacial score (nSPS) is 10.5. The van der Waals surface area contributed by atoms with Crippen LogP contribution in [-0.2, 0) is 4.74 Å². The van der Waals surface area contributed by atoms with E-state index in [4.69, 9.17) is 14.7 Å². The Morgan fingerprint density at radius 3 is 2.57 bits per heavy atom. The van der Waals surface area contributed by atoms with E-state index in [1.54, 1.807) is 63.2 Å². The van der Waals surface area contributed by atoms with E-state index in [0.29, 0.717) is 29.1 Å². The lowest BCUT2D eigenvalue weighted by Gasteiger charge is -2.19. The summed E-state index contributed by atoms with van der Waals surface area (Å²) >= 11 is 0. The number of ether oxygens (including phenoxy) is 2. The molecule has 2 rings (SSSR count). The van der Waals surface area contributed by atoms with Crippen molar-refractivity contribution < 1.29 is 19.1 Å². The third kappa shape index (κ3) is 7.00. The van der Waals surface area contributed by atoms with Gasteiger partial charge in [-0.2, -0.15) is 5.26 Å². The van der Waals surface area contributed by atoms with E-state index in [1.807, 2.05) is 6.07 Å². The average Bonchev–Trinajstić information content (AvgIpc) is 2.64. The van der Waals surface area contributed by atoms with E-state index in [0.717, 1.165) is 0 Å². The zero-order valence-corrected chi connectivity index (χ0v) is 16.1. The second kappa shape index (κ2) is 9.42. The van der Waals surface area contributed by atoms with Crippen LogP contribution in [-0.4, -0.2) is 30.8 Å². The predicted molar refractivity (Wildman–Crippen MR) is 105 cm³/mol.